The molecule has 2 unspecified atom stereocenters. The summed E-state index contributed by atoms with van der Waals surface area (Å²) >= 11 is 11.1. The summed E-state index contributed by atoms with van der Waals surface area (Å²) in [6.07, 6.45) is 1.22. The van der Waals surface area contributed by atoms with Gasteiger partial charge in [0.15, 0.2) is 0 Å². The highest BCUT2D eigenvalue weighted by Gasteiger charge is 2.32. The van der Waals surface area contributed by atoms with Gasteiger partial charge in [0.25, 0.3) is 0 Å². The fourth-order valence-electron chi connectivity index (χ4n) is 1.85. The molecule has 2 nitrogen and oxygen atoms in total. The van der Waals surface area contributed by atoms with Gasteiger partial charge in [-0.05, 0) is 47.9 Å². The summed E-state index contributed by atoms with van der Waals surface area (Å²) in [5, 5.41) is -0.901. The Bertz CT molecular complexity index is 223. The molecule has 0 heterocycles. The van der Waals surface area contributed by atoms with E-state index in [1.54, 1.807) is 0 Å². The summed E-state index contributed by atoms with van der Waals surface area (Å²) in [5.74, 6) is -0.264. The van der Waals surface area contributed by atoms with Gasteiger partial charge in [0.05, 0.1) is 0 Å². The van der Waals surface area contributed by atoms with Crippen molar-refractivity contribution in [3.8, 4) is 0 Å². The molecule has 0 aliphatic carbocycles. The van der Waals surface area contributed by atoms with Crippen LogP contribution in [0.15, 0.2) is 0 Å². The molecule has 0 aromatic rings. The largest absolute Gasteiger partial charge is 0.281 e. The zero-order valence-electron chi connectivity index (χ0n) is 10.3. The van der Waals surface area contributed by atoms with Crippen LogP contribution in [0.3, 0.4) is 0 Å². The van der Waals surface area contributed by atoms with Crippen LogP contribution in [0.5, 0.6) is 0 Å². The Hall–Kier alpha value is -0.0800. The number of carbonyl (C=O) groups excluding carboxylic acids is 2. The Kier molecular flexibility index (Phi) is 7.25. The summed E-state index contributed by atoms with van der Waals surface area (Å²) in [6.45, 7) is 7.99. The summed E-state index contributed by atoms with van der Waals surface area (Å²) < 4.78 is 0. The van der Waals surface area contributed by atoms with E-state index in [-0.39, 0.29) is 0 Å². The molecule has 0 fully saturated rings. The second-order valence-electron chi connectivity index (χ2n) is 5.08. The number of hydrogen-bond acceptors (Lipinski definition) is 2. The summed E-state index contributed by atoms with van der Waals surface area (Å²) in [4.78, 5) is 22.7. The van der Waals surface area contributed by atoms with Crippen molar-refractivity contribution < 1.29 is 9.59 Å². The van der Waals surface area contributed by atoms with Gasteiger partial charge in [0.2, 0.25) is 10.5 Å². The van der Waals surface area contributed by atoms with Crippen molar-refractivity contribution in [3.05, 3.63) is 0 Å². The molecule has 0 rings (SSSR count). The molecule has 2 atom stereocenters. The third-order valence-electron chi connectivity index (χ3n) is 2.52. The smallest absolute Gasteiger partial charge is 0.225 e. The van der Waals surface area contributed by atoms with Gasteiger partial charge in [0, 0.05) is 11.8 Å². The first-order valence-electron chi connectivity index (χ1n) is 5.64. The fourth-order valence-corrected chi connectivity index (χ4v) is 2.33. The summed E-state index contributed by atoms with van der Waals surface area (Å²) in [6, 6.07) is 0. The van der Waals surface area contributed by atoms with Gasteiger partial charge in [-0.2, -0.15) is 0 Å². The van der Waals surface area contributed by atoms with Crippen LogP contribution >= 0.6 is 23.2 Å². The van der Waals surface area contributed by atoms with Crippen molar-refractivity contribution >= 4 is 33.7 Å². The van der Waals surface area contributed by atoms with Crippen LogP contribution in [0.25, 0.3) is 0 Å². The average Bonchev–Trinajstić information content (AvgIpc) is 2.09. The topological polar surface area (TPSA) is 34.1 Å². The van der Waals surface area contributed by atoms with Gasteiger partial charge in [-0.1, -0.05) is 27.7 Å². The lowest BCUT2D eigenvalue weighted by molar-refractivity contribution is -0.125. The molecule has 4 heteroatoms. The highest BCUT2D eigenvalue weighted by molar-refractivity contribution is 6.66. The zero-order chi connectivity index (χ0) is 12.9. The maximum absolute atomic E-state index is 11.4. The van der Waals surface area contributed by atoms with Crippen LogP contribution in [0.1, 0.15) is 40.5 Å². The van der Waals surface area contributed by atoms with Gasteiger partial charge >= 0.3 is 0 Å². The van der Waals surface area contributed by atoms with E-state index in [4.69, 9.17) is 23.2 Å². The monoisotopic (exact) mass is 266 g/mol. The van der Waals surface area contributed by atoms with Crippen molar-refractivity contribution in [2.45, 2.75) is 40.5 Å². The first kappa shape index (κ1) is 15.9. The van der Waals surface area contributed by atoms with Crippen molar-refractivity contribution in [2.24, 2.45) is 23.7 Å². The SMILES string of the molecule is CC(C)CC(C(=O)Cl)C(CC(C)C)C(=O)Cl. The molecule has 0 aliphatic heterocycles. The second kappa shape index (κ2) is 7.29. The summed E-state index contributed by atoms with van der Waals surface area (Å²) in [5.41, 5.74) is 0. The predicted octanol–water partition coefficient (Wildman–Crippen LogP) is 3.84. The first-order valence-corrected chi connectivity index (χ1v) is 6.40. The molecule has 16 heavy (non-hydrogen) atoms. The normalized spacial score (nSPS) is 15.2. The van der Waals surface area contributed by atoms with Crippen LogP contribution in [0.4, 0.5) is 0 Å². The first-order chi connectivity index (χ1) is 7.25. The van der Waals surface area contributed by atoms with Crippen LogP contribution < -0.4 is 0 Å². The van der Waals surface area contributed by atoms with E-state index in [9.17, 15) is 9.59 Å². The van der Waals surface area contributed by atoms with Crippen LogP contribution in [0.2, 0.25) is 0 Å². The average molecular weight is 267 g/mol. The second-order valence-corrected chi connectivity index (χ2v) is 5.83. The van der Waals surface area contributed by atoms with E-state index >= 15 is 0 Å². The molecule has 0 N–H and O–H groups in total. The Labute approximate surface area is 108 Å². The Morgan fingerprint density at radius 3 is 1.19 bits per heavy atom. The van der Waals surface area contributed by atoms with Gasteiger partial charge in [-0.15, -0.1) is 0 Å². The van der Waals surface area contributed by atoms with Crippen molar-refractivity contribution in [1.29, 1.82) is 0 Å². The van der Waals surface area contributed by atoms with E-state index in [2.05, 4.69) is 0 Å². The third kappa shape index (κ3) is 5.86. The molecule has 0 aromatic heterocycles. The minimum atomic E-state index is -0.451. The maximum atomic E-state index is 11.4. The lowest BCUT2D eigenvalue weighted by atomic mass is 9.82. The van der Waals surface area contributed by atoms with E-state index < -0.39 is 22.3 Å². The molecule has 0 amide bonds. The quantitative estimate of drug-likeness (QED) is 0.657. The van der Waals surface area contributed by atoms with Crippen molar-refractivity contribution in [1.82, 2.24) is 0 Å². The lowest BCUT2D eigenvalue weighted by Gasteiger charge is -2.24. The standard InChI is InChI=1S/C12H20Cl2O2/c1-7(2)5-9(11(13)15)10(12(14)16)6-8(3)4/h7-10H,5-6H2,1-4H3. The van der Waals surface area contributed by atoms with Gasteiger partial charge in [-0.3, -0.25) is 9.59 Å². The third-order valence-corrected chi connectivity index (χ3v) is 3.08. The molecular formula is C12H20Cl2O2. The fraction of sp³-hybridized carbons (Fsp3) is 0.833. The minimum absolute atomic E-state index is 0.318. The van der Waals surface area contributed by atoms with Crippen LogP contribution in [-0.2, 0) is 9.59 Å². The van der Waals surface area contributed by atoms with Gasteiger partial charge < -0.3 is 0 Å². The molecule has 0 saturated heterocycles. The van der Waals surface area contributed by atoms with Crippen molar-refractivity contribution in [2.75, 3.05) is 0 Å². The van der Waals surface area contributed by atoms with E-state index in [1.807, 2.05) is 27.7 Å². The molecule has 0 radical (unpaired) electrons. The van der Waals surface area contributed by atoms with E-state index in [0.29, 0.717) is 24.7 Å². The molecule has 0 spiro atoms. The van der Waals surface area contributed by atoms with Crippen LogP contribution in [-0.4, -0.2) is 10.5 Å². The Balaban J connectivity index is 4.80. The van der Waals surface area contributed by atoms with E-state index in [1.165, 1.54) is 0 Å². The predicted molar refractivity (Wildman–Crippen MR) is 67.6 cm³/mol. The molecule has 0 aliphatic rings. The van der Waals surface area contributed by atoms with Gasteiger partial charge in [-0.25, -0.2) is 0 Å². The van der Waals surface area contributed by atoms with Crippen molar-refractivity contribution in [3.63, 3.8) is 0 Å². The minimum Gasteiger partial charge on any atom is -0.281 e. The molecule has 0 bridgehead atoms. The van der Waals surface area contributed by atoms with Gasteiger partial charge in [0.1, 0.15) is 0 Å². The lowest BCUT2D eigenvalue weighted by Crippen LogP contribution is -2.28. The molecule has 0 saturated carbocycles. The number of carbonyl (C=O) groups is 2. The van der Waals surface area contributed by atoms with E-state index in [0.717, 1.165) is 0 Å². The molecule has 0 aromatic carbocycles. The highest BCUT2D eigenvalue weighted by Crippen LogP contribution is 2.30. The molecule has 94 valence electrons. The number of halogens is 2. The zero-order valence-corrected chi connectivity index (χ0v) is 11.8. The maximum Gasteiger partial charge on any atom is 0.225 e. The molecular weight excluding hydrogens is 247 g/mol. The summed E-state index contributed by atoms with van der Waals surface area (Å²) in [7, 11) is 0. The Morgan fingerprint density at radius 1 is 0.812 bits per heavy atom. The number of rotatable bonds is 7. The van der Waals surface area contributed by atoms with Crippen LogP contribution in [0, 0.1) is 23.7 Å². The highest BCUT2D eigenvalue weighted by atomic mass is 35.5. The Morgan fingerprint density at radius 2 is 1.06 bits per heavy atom. The number of hydrogen-bond donors (Lipinski definition) is 0.